The number of rotatable bonds is 6. The maximum atomic E-state index is 12.7. The smallest absolute Gasteiger partial charge is 0.261 e. The van der Waals surface area contributed by atoms with Gasteiger partial charge in [-0.15, -0.1) is 0 Å². The fraction of sp³-hybridized carbons (Fsp3) is 0.409. The predicted octanol–water partition coefficient (Wildman–Crippen LogP) is 4.96. The van der Waals surface area contributed by atoms with E-state index in [9.17, 15) is 4.79 Å². The number of carbonyl (C=O) groups is 1. The van der Waals surface area contributed by atoms with E-state index in [1.807, 2.05) is 45.0 Å². The topological polar surface area (TPSA) is 38.3 Å². The number of nitrogens with one attached hydrogen (secondary N) is 1. The second kappa shape index (κ2) is 8.19. The van der Waals surface area contributed by atoms with Crippen molar-refractivity contribution in [2.75, 3.05) is 0 Å². The van der Waals surface area contributed by atoms with Gasteiger partial charge in [0, 0.05) is 0 Å². The van der Waals surface area contributed by atoms with Gasteiger partial charge in [0.25, 0.3) is 5.91 Å². The molecule has 0 bridgehead atoms. The molecule has 0 fully saturated rings. The molecule has 0 aliphatic carbocycles. The first-order chi connectivity index (χ1) is 11.8. The summed E-state index contributed by atoms with van der Waals surface area (Å²) in [5.74, 6) is 0.658. The highest BCUT2D eigenvalue weighted by Gasteiger charge is 2.21. The van der Waals surface area contributed by atoms with E-state index in [1.54, 1.807) is 0 Å². The van der Waals surface area contributed by atoms with Crippen LogP contribution in [0.15, 0.2) is 36.4 Å². The average molecular weight is 339 g/mol. The van der Waals surface area contributed by atoms with Crippen molar-refractivity contribution in [2.45, 2.75) is 60.1 Å². The van der Waals surface area contributed by atoms with Crippen molar-refractivity contribution in [1.29, 1.82) is 0 Å². The number of hydrogen-bond acceptors (Lipinski definition) is 2. The lowest BCUT2D eigenvalue weighted by atomic mass is 9.96. The van der Waals surface area contributed by atoms with E-state index in [4.69, 9.17) is 4.74 Å². The molecule has 0 saturated carbocycles. The number of hydrogen-bond donors (Lipinski definition) is 1. The largest absolute Gasteiger partial charge is 0.481 e. The molecular formula is C22H29NO2. The van der Waals surface area contributed by atoms with E-state index < -0.39 is 6.10 Å². The Balaban J connectivity index is 2.09. The van der Waals surface area contributed by atoms with Gasteiger partial charge in [-0.3, -0.25) is 4.79 Å². The van der Waals surface area contributed by atoms with Crippen LogP contribution in [0, 0.1) is 27.7 Å². The average Bonchev–Trinajstić information content (AvgIpc) is 2.55. The van der Waals surface area contributed by atoms with Gasteiger partial charge in [0.2, 0.25) is 0 Å². The van der Waals surface area contributed by atoms with Crippen molar-refractivity contribution in [3.05, 3.63) is 64.2 Å². The van der Waals surface area contributed by atoms with Gasteiger partial charge in [-0.05, 0) is 81.0 Å². The summed E-state index contributed by atoms with van der Waals surface area (Å²) in [5.41, 5.74) is 5.98. The molecule has 0 aromatic heterocycles. The van der Waals surface area contributed by atoms with Crippen LogP contribution < -0.4 is 10.1 Å². The van der Waals surface area contributed by atoms with Crippen molar-refractivity contribution in [1.82, 2.24) is 5.32 Å². The second-order valence-corrected chi connectivity index (χ2v) is 6.85. The quantitative estimate of drug-likeness (QED) is 0.808. The Bertz CT molecular complexity index is 752. The molecule has 2 atom stereocenters. The highest BCUT2D eigenvalue weighted by molar-refractivity contribution is 5.81. The molecule has 0 aliphatic heterocycles. The summed E-state index contributed by atoms with van der Waals surface area (Å²) in [6, 6.07) is 12.1. The zero-order valence-corrected chi connectivity index (χ0v) is 16.1. The highest BCUT2D eigenvalue weighted by atomic mass is 16.5. The van der Waals surface area contributed by atoms with Gasteiger partial charge in [-0.25, -0.2) is 0 Å². The molecule has 1 amide bonds. The van der Waals surface area contributed by atoms with Crippen LogP contribution in [0.4, 0.5) is 0 Å². The van der Waals surface area contributed by atoms with Crippen LogP contribution in [-0.2, 0) is 4.79 Å². The van der Waals surface area contributed by atoms with Crippen molar-refractivity contribution in [3.63, 3.8) is 0 Å². The van der Waals surface area contributed by atoms with Crippen molar-refractivity contribution in [2.24, 2.45) is 0 Å². The molecule has 0 heterocycles. The Hall–Kier alpha value is -2.29. The summed E-state index contributed by atoms with van der Waals surface area (Å²) in [5, 5.41) is 3.11. The number of amides is 1. The third-order valence-corrected chi connectivity index (χ3v) is 4.64. The molecule has 1 N–H and O–H groups in total. The van der Waals surface area contributed by atoms with Gasteiger partial charge in [0.1, 0.15) is 5.75 Å². The first kappa shape index (κ1) is 19.0. The summed E-state index contributed by atoms with van der Waals surface area (Å²) < 4.78 is 5.90. The summed E-state index contributed by atoms with van der Waals surface area (Å²) in [6.45, 7) is 12.3. The Kier molecular flexibility index (Phi) is 6.24. The van der Waals surface area contributed by atoms with Gasteiger partial charge >= 0.3 is 0 Å². The molecule has 3 heteroatoms. The second-order valence-electron chi connectivity index (χ2n) is 6.85. The first-order valence-corrected chi connectivity index (χ1v) is 8.93. The monoisotopic (exact) mass is 339 g/mol. The minimum atomic E-state index is -0.490. The third-order valence-electron chi connectivity index (χ3n) is 4.64. The lowest BCUT2D eigenvalue weighted by Crippen LogP contribution is -2.39. The molecule has 0 saturated heterocycles. The number of benzene rings is 2. The molecular weight excluding hydrogens is 310 g/mol. The maximum Gasteiger partial charge on any atom is 0.261 e. The predicted molar refractivity (Wildman–Crippen MR) is 103 cm³/mol. The van der Waals surface area contributed by atoms with Crippen molar-refractivity contribution >= 4 is 5.91 Å². The standard InChI is InChI=1S/C22H29NO2/c1-7-21(25-19-10-8-9-14(2)11-19)22(24)23-18(6)20-13-16(4)15(3)12-17(20)5/h8-13,18,21H,7H2,1-6H3,(H,23,24)/t18-,21-/m0/s1. The summed E-state index contributed by atoms with van der Waals surface area (Å²) in [4.78, 5) is 12.7. The van der Waals surface area contributed by atoms with Crippen LogP contribution in [0.3, 0.4) is 0 Å². The molecule has 2 rings (SSSR count). The van der Waals surface area contributed by atoms with Crippen LogP contribution in [0.5, 0.6) is 5.75 Å². The summed E-state index contributed by atoms with van der Waals surface area (Å²) in [7, 11) is 0. The van der Waals surface area contributed by atoms with Crippen molar-refractivity contribution in [3.8, 4) is 5.75 Å². The minimum Gasteiger partial charge on any atom is -0.481 e. The van der Waals surface area contributed by atoms with Crippen molar-refractivity contribution < 1.29 is 9.53 Å². The van der Waals surface area contributed by atoms with E-state index >= 15 is 0 Å². The lowest BCUT2D eigenvalue weighted by molar-refractivity contribution is -0.128. The van der Waals surface area contributed by atoms with Gasteiger partial charge in [0.15, 0.2) is 6.10 Å². The van der Waals surface area contributed by atoms with Crippen LogP contribution in [0.25, 0.3) is 0 Å². The molecule has 3 nitrogen and oxygen atoms in total. The van der Waals surface area contributed by atoms with Gasteiger partial charge in [0.05, 0.1) is 6.04 Å². The van der Waals surface area contributed by atoms with Crippen LogP contribution in [0.2, 0.25) is 0 Å². The maximum absolute atomic E-state index is 12.7. The minimum absolute atomic E-state index is 0.0537. The summed E-state index contributed by atoms with van der Waals surface area (Å²) in [6.07, 6.45) is 0.134. The number of aryl methyl sites for hydroxylation is 4. The normalized spacial score (nSPS) is 13.2. The SMILES string of the molecule is CC[C@H](Oc1cccc(C)c1)C(=O)N[C@@H](C)c1cc(C)c(C)cc1C. The first-order valence-electron chi connectivity index (χ1n) is 8.93. The molecule has 2 aromatic rings. The Labute approximate surface area is 151 Å². The Morgan fingerprint density at radius 3 is 2.36 bits per heavy atom. The van der Waals surface area contributed by atoms with Crippen LogP contribution in [-0.4, -0.2) is 12.0 Å². The molecule has 0 aliphatic rings. The highest BCUT2D eigenvalue weighted by Crippen LogP contribution is 2.22. The van der Waals surface area contributed by atoms with E-state index in [2.05, 4.69) is 38.2 Å². The lowest BCUT2D eigenvalue weighted by Gasteiger charge is -2.22. The molecule has 0 spiro atoms. The summed E-state index contributed by atoms with van der Waals surface area (Å²) >= 11 is 0. The van der Waals surface area contributed by atoms with E-state index in [1.165, 1.54) is 16.7 Å². The molecule has 0 radical (unpaired) electrons. The van der Waals surface area contributed by atoms with Gasteiger partial charge < -0.3 is 10.1 Å². The van der Waals surface area contributed by atoms with E-state index in [0.29, 0.717) is 6.42 Å². The fourth-order valence-corrected chi connectivity index (χ4v) is 3.01. The third kappa shape index (κ3) is 4.85. The molecule has 2 aromatic carbocycles. The van der Waals surface area contributed by atoms with E-state index in [-0.39, 0.29) is 11.9 Å². The molecule has 25 heavy (non-hydrogen) atoms. The molecule has 0 unspecified atom stereocenters. The zero-order chi connectivity index (χ0) is 18.6. The van der Waals surface area contributed by atoms with Gasteiger partial charge in [-0.1, -0.05) is 31.2 Å². The fourth-order valence-electron chi connectivity index (χ4n) is 3.01. The van der Waals surface area contributed by atoms with Crippen LogP contribution in [0.1, 0.15) is 54.1 Å². The molecule has 134 valence electrons. The Morgan fingerprint density at radius 1 is 1.04 bits per heavy atom. The number of carbonyl (C=O) groups excluding carboxylic acids is 1. The van der Waals surface area contributed by atoms with Gasteiger partial charge in [-0.2, -0.15) is 0 Å². The Morgan fingerprint density at radius 2 is 1.72 bits per heavy atom. The zero-order valence-electron chi connectivity index (χ0n) is 16.1. The number of ether oxygens (including phenoxy) is 1. The van der Waals surface area contributed by atoms with E-state index in [0.717, 1.165) is 16.9 Å². The van der Waals surface area contributed by atoms with Crippen LogP contribution >= 0.6 is 0 Å².